The molecule has 1 N–H and O–H groups in total. The third kappa shape index (κ3) is 3.17. The number of nitrogens with zero attached hydrogens (tertiary/aromatic N) is 2. The first-order valence-electron chi connectivity index (χ1n) is 5.96. The molecule has 0 fully saturated rings. The van der Waals surface area contributed by atoms with Crippen LogP contribution in [0.15, 0.2) is 58.8 Å². The summed E-state index contributed by atoms with van der Waals surface area (Å²) in [5, 5.41) is 17.5. The van der Waals surface area contributed by atoms with Crippen molar-refractivity contribution in [2.24, 2.45) is 10.2 Å². The molecular weight excluding hydrogens is 224 g/mol. The minimum Gasteiger partial charge on any atom is -0.508 e. The average Bonchev–Trinajstić information content (AvgIpc) is 2.38. The number of hydrogen-bond acceptors (Lipinski definition) is 3. The molecular formula is C15H16N2O. The summed E-state index contributed by atoms with van der Waals surface area (Å²) in [5.41, 5.74) is 2.81. The van der Waals surface area contributed by atoms with Gasteiger partial charge in [0.25, 0.3) is 0 Å². The summed E-state index contributed by atoms with van der Waals surface area (Å²) in [5.74, 6) is 0.713. The van der Waals surface area contributed by atoms with E-state index in [1.165, 1.54) is 5.56 Å². The number of benzene rings is 2. The summed E-state index contributed by atoms with van der Waals surface area (Å²) in [6.07, 6.45) is 0. The van der Waals surface area contributed by atoms with Gasteiger partial charge in [-0.05, 0) is 47.9 Å². The standard InChI is InChI=1S/C15H16N2O/c1-11(2)12-4-3-5-14(10-12)17-16-13-6-8-15(18)9-7-13/h3-11,18H,1-2H3. The maximum atomic E-state index is 9.17. The van der Waals surface area contributed by atoms with Gasteiger partial charge in [-0.2, -0.15) is 10.2 Å². The Hall–Kier alpha value is -2.16. The van der Waals surface area contributed by atoms with E-state index in [9.17, 15) is 0 Å². The van der Waals surface area contributed by atoms with Crippen LogP contribution in [0.4, 0.5) is 11.4 Å². The summed E-state index contributed by atoms with van der Waals surface area (Å²) >= 11 is 0. The van der Waals surface area contributed by atoms with Gasteiger partial charge in [-0.15, -0.1) is 0 Å². The molecule has 0 atom stereocenters. The first-order valence-corrected chi connectivity index (χ1v) is 5.96. The van der Waals surface area contributed by atoms with E-state index in [1.54, 1.807) is 24.3 Å². The van der Waals surface area contributed by atoms with Crippen LogP contribution in [0.3, 0.4) is 0 Å². The largest absolute Gasteiger partial charge is 0.508 e. The number of aromatic hydroxyl groups is 1. The summed E-state index contributed by atoms with van der Waals surface area (Å²) < 4.78 is 0. The lowest BCUT2D eigenvalue weighted by atomic mass is 10.0. The SMILES string of the molecule is CC(C)c1cccc(N=Nc2ccc(O)cc2)c1. The third-order valence-electron chi connectivity index (χ3n) is 2.67. The summed E-state index contributed by atoms with van der Waals surface area (Å²) in [7, 11) is 0. The molecule has 0 radical (unpaired) electrons. The van der Waals surface area contributed by atoms with Crippen molar-refractivity contribution in [3.8, 4) is 5.75 Å². The highest BCUT2D eigenvalue weighted by Gasteiger charge is 1.99. The lowest BCUT2D eigenvalue weighted by molar-refractivity contribution is 0.475. The fourth-order valence-corrected chi connectivity index (χ4v) is 1.58. The second kappa shape index (κ2) is 5.45. The number of azo groups is 1. The summed E-state index contributed by atoms with van der Waals surface area (Å²) in [6, 6.07) is 14.7. The van der Waals surface area contributed by atoms with E-state index in [0.717, 1.165) is 11.4 Å². The van der Waals surface area contributed by atoms with Crippen LogP contribution >= 0.6 is 0 Å². The molecule has 0 heterocycles. The van der Waals surface area contributed by atoms with Crippen LogP contribution in [0.2, 0.25) is 0 Å². The topological polar surface area (TPSA) is 45.0 Å². The van der Waals surface area contributed by atoms with Gasteiger partial charge in [0.2, 0.25) is 0 Å². The molecule has 0 spiro atoms. The van der Waals surface area contributed by atoms with E-state index in [4.69, 9.17) is 5.11 Å². The molecule has 3 heteroatoms. The number of rotatable bonds is 3. The van der Waals surface area contributed by atoms with E-state index in [0.29, 0.717) is 5.92 Å². The fraction of sp³-hybridized carbons (Fsp3) is 0.200. The van der Waals surface area contributed by atoms with Crippen LogP contribution in [0, 0.1) is 0 Å². The van der Waals surface area contributed by atoms with Crippen molar-refractivity contribution in [1.82, 2.24) is 0 Å². The Morgan fingerprint density at radius 3 is 2.22 bits per heavy atom. The van der Waals surface area contributed by atoms with Crippen LogP contribution in [-0.4, -0.2) is 5.11 Å². The van der Waals surface area contributed by atoms with Crippen LogP contribution in [0.25, 0.3) is 0 Å². The van der Waals surface area contributed by atoms with Gasteiger partial charge in [0.05, 0.1) is 11.4 Å². The van der Waals surface area contributed by atoms with Crippen molar-refractivity contribution < 1.29 is 5.11 Å². The van der Waals surface area contributed by atoms with Gasteiger partial charge in [0.1, 0.15) is 5.75 Å². The van der Waals surface area contributed by atoms with Gasteiger partial charge < -0.3 is 5.11 Å². The normalized spacial score (nSPS) is 11.3. The zero-order chi connectivity index (χ0) is 13.0. The van der Waals surface area contributed by atoms with E-state index in [1.807, 2.05) is 18.2 Å². The maximum Gasteiger partial charge on any atom is 0.115 e. The van der Waals surface area contributed by atoms with Crippen molar-refractivity contribution in [3.05, 3.63) is 54.1 Å². The Kier molecular flexibility index (Phi) is 3.72. The van der Waals surface area contributed by atoms with Gasteiger partial charge in [-0.1, -0.05) is 26.0 Å². The molecule has 0 aliphatic carbocycles. The predicted octanol–water partition coefficient (Wildman–Crippen LogP) is 4.93. The van der Waals surface area contributed by atoms with Crippen LogP contribution < -0.4 is 0 Å². The lowest BCUT2D eigenvalue weighted by Gasteiger charge is -2.04. The monoisotopic (exact) mass is 240 g/mol. The number of hydrogen-bond donors (Lipinski definition) is 1. The highest BCUT2D eigenvalue weighted by Crippen LogP contribution is 2.23. The minimum absolute atomic E-state index is 0.232. The molecule has 2 aromatic rings. The maximum absolute atomic E-state index is 9.17. The van der Waals surface area contributed by atoms with Gasteiger partial charge in [0, 0.05) is 0 Å². The smallest absolute Gasteiger partial charge is 0.115 e. The van der Waals surface area contributed by atoms with E-state index >= 15 is 0 Å². The molecule has 2 rings (SSSR count). The molecule has 0 aliphatic heterocycles. The van der Waals surface area contributed by atoms with Crippen molar-refractivity contribution in [2.45, 2.75) is 19.8 Å². The van der Waals surface area contributed by atoms with Gasteiger partial charge in [-0.25, -0.2) is 0 Å². The van der Waals surface area contributed by atoms with Crippen molar-refractivity contribution in [1.29, 1.82) is 0 Å². The fourth-order valence-electron chi connectivity index (χ4n) is 1.58. The summed E-state index contributed by atoms with van der Waals surface area (Å²) in [6.45, 7) is 4.30. The number of phenols is 1. The average molecular weight is 240 g/mol. The van der Waals surface area contributed by atoms with E-state index in [2.05, 4.69) is 30.1 Å². The Bertz CT molecular complexity index is 545. The molecule has 0 bridgehead atoms. The van der Waals surface area contributed by atoms with Crippen LogP contribution in [0.1, 0.15) is 25.3 Å². The van der Waals surface area contributed by atoms with Crippen molar-refractivity contribution >= 4 is 11.4 Å². The Labute approximate surface area is 107 Å². The zero-order valence-electron chi connectivity index (χ0n) is 10.5. The Balaban J connectivity index is 2.18. The Morgan fingerprint density at radius 2 is 1.56 bits per heavy atom. The first-order chi connectivity index (χ1) is 8.65. The van der Waals surface area contributed by atoms with Crippen LogP contribution in [0.5, 0.6) is 5.75 Å². The van der Waals surface area contributed by atoms with E-state index in [-0.39, 0.29) is 5.75 Å². The van der Waals surface area contributed by atoms with Crippen molar-refractivity contribution in [3.63, 3.8) is 0 Å². The third-order valence-corrected chi connectivity index (χ3v) is 2.67. The molecule has 0 saturated carbocycles. The molecule has 0 unspecified atom stereocenters. The van der Waals surface area contributed by atoms with Gasteiger partial charge in [-0.3, -0.25) is 0 Å². The highest BCUT2D eigenvalue weighted by molar-refractivity contribution is 5.43. The van der Waals surface area contributed by atoms with Crippen LogP contribution in [-0.2, 0) is 0 Å². The highest BCUT2D eigenvalue weighted by atomic mass is 16.3. The second-order valence-corrected chi connectivity index (χ2v) is 4.47. The van der Waals surface area contributed by atoms with Gasteiger partial charge >= 0.3 is 0 Å². The molecule has 92 valence electrons. The molecule has 18 heavy (non-hydrogen) atoms. The molecule has 2 aromatic carbocycles. The lowest BCUT2D eigenvalue weighted by Crippen LogP contribution is -1.84. The summed E-state index contributed by atoms with van der Waals surface area (Å²) in [4.78, 5) is 0. The Morgan fingerprint density at radius 1 is 0.889 bits per heavy atom. The van der Waals surface area contributed by atoms with Gasteiger partial charge in [0.15, 0.2) is 0 Å². The second-order valence-electron chi connectivity index (χ2n) is 4.47. The molecule has 3 nitrogen and oxygen atoms in total. The first kappa shape index (κ1) is 12.3. The quantitative estimate of drug-likeness (QED) is 0.759. The van der Waals surface area contributed by atoms with Crippen molar-refractivity contribution in [2.75, 3.05) is 0 Å². The minimum atomic E-state index is 0.232. The molecule has 0 saturated heterocycles. The zero-order valence-corrected chi connectivity index (χ0v) is 10.5. The molecule has 0 aliphatic rings. The van der Waals surface area contributed by atoms with E-state index < -0.39 is 0 Å². The molecule has 0 amide bonds. The number of phenolic OH excluding ortho intramolecular Hbond substituents is 1. The molecule has 0 aromatic heterocycles. The predicted molar refractivity (Wildman–Crippen MR) is 72.8 cm³/mol.